The van der Waals surface area contributed by atoms with Gasteiger partial charge in [0.25, 0.3) is 0 Å². The molecule has 2 aliphatic rings. The van der Waals surface area contributed by atoms with Crippen LogP contribution < -0.4 is 15.4 Å². The third-order valence-electron chi connectivity index (χ3n) is 5.52. The fourth-order valence-electron chi connectivity index (χ4n) is 4.00. The van der Waals surface area contributed by atoms with Gasteiger partial charge >= 0.3 is 6.09 Å². The Morgan fingerprint density at radius 2 is 2.12 bits per heavy atom. The molecule has 0 radical (unpaired) electrons. The molecule has 1 saturated heterocycles. The van der Waals surface area contributed by atoms with E-state index in [0.717, 1.165) is 29.9 Å². The number of anilines is 2. The fraction of sp³-hybridized carbons (Fsp3) is 0.350. The fourth-order valence-corrected chi connectivity index (χ4v) is 4.00. The molecule has 130 valence electrons. The number of aryl methyl sites for hydroxylation is 1. The zero-order valence-corrected chi connectivity index (χ0v) is 14.8. The number of likely N-dealkylation sites (N-methyl/N-ethyl adjacent to an activating group) is 1. The molecule has 0 spiro atoms. The van der Waals surface area contributed by atoms with Crippen molar-refractivity contribution >= 4 is 17.5 Å². The summed E-state index contributed by atoms with van der Waals surface area (Å²) in [5.74, 6) is 0.572. The number of rotatable bonds is 2. The van der Waals surface area contributed by atoms with Crippen LogP contribution in [0.3, 0.4) is 0 Å². The number of hydrogen-bond donors (Lipinski definition) is 2. The van der Waals surface area contributed by atoms with E-state index in [4.69, 9.17) is 4.74 Å². The highest BCUT2D eigenvalue weighted by atomic mass is 16.6. The van der Waals surface area contributed by atoms with Gasteiger partial charge in [0.1, 0.15) is 5.75 Å². The van der Waals surface area contributed by atoms with E-state index in [0.29, 0.717) is 11.9 Å². The summed E-state index contributed by atoms with van der Waals surface area (Å²) in [4.78, 5) is 14.6. The third-order valence-corrected chi connectivity index (χ3v) is 5.52. The topological polar surface area (TPSA) is 53.6 Å². The molecule has 2 N–H and O–H groups in total. The minimum absolute atomic E-state index is 0.0515. The maximum Gasteiger partial charge on any atom is 0.417 e. The number of benzene rings is 2. The first kappa shape index (κ1) is 16.0. The summed E-state index contributed by atoms with van der Waals surface area (Å²) >= 11 is 0. The van der Waals surface area contributed by atoms with Gasteiger partial charge in [0.15, 0.2) is 0 Å². The molecule has 0 aromatic heterocycles. The van der Waals surface area contributed by atoms with Gasteiger partial charge in [-0.15, -0.1) is 0 Å². The molecule has 0 unspecified atom stereocenters. The van der Waals surface area contributed by atoms with Crippen LogP contribution in [0.5, 0.6) is 5.75 Å². The van der Waals surface area contributed by atoms with Crippen LogP contribution in [0, 0.1) is 6.92 Å². The number of hydrogen-bond acceptors (Lipinski definition) is 4. The second-order valence-corrected chi connectivity index (χ2v) is 7.23. The van der Waals surface area contributed by atoms with Gasteiger partial charge in [0.05, 0.1) is 6.17 Å². The van der Waals surface area contributed by atoms with Crippen molar-refractivity contribution in [3.63, 3.8) is 0 Å². The monoisotopic (exact) mass is 337 g/mol. The summed E-state index contributed by atoms with van der Waals surface area (Å²) in [7, 11) is 2.14. The van der Waals surface area contributed by atoms with Crippen LogP contribution in [0.1, 0.15) is 24.5 Å². The minimum Gasteiger partial charge on any atom is -0.410 e. The average Bonchev–Trinajstić information content (AvgIpc) is 3.03. The van der Waals surface area contributed by atoms with Gasteiger partial charge in [-0.2, -0.15) is 0 Å². The summed E-state index contributed by atoms with van der Waals surface area (Å²) < 4.78 is 5.53. The predicted molar refractivity (Wildman–Crippen MR) is 99.3 cm³/mol. The van der Waals surface area contributed by atoms with Gasteiger partial charge in [0, 0.05) is 23.3 Å². The molecule has 25 heavy (non-hydrogen) atoms. The quantitative estimate of drug-likeness (QED) is 0.871. The van der Waals surface area contributed by atoms with Crippen molar-refractivity contribution in [2.75, 3.05) is 24.2 Å². The molecule has 0 aliphatic carbocycles. The maximum absolute atomic E-state index is 12.2. The van der Waals surface area contributed by atoms with Crippen molar-refractivity contribution < 1.29 is 9.53 Å². The molecule has 5 nitrogen and oxygen atoms in total. The van der Waals surface area contributed by atoms with E-state index in [1.807, 2.05) is 49.4 Å². The van der Waals surface area contributed by atoms with E-state index in [1.54, 1.807) is 0 Å². The van der Waals surface area contributed by atoms with Gasteiger partial charge < -0.3 is 10.1 Å². The number of carbonyl (C=O) groups is 1. The molecule has 0 saturated carbocycles. The van der Waals surface area contributed by atoms with Crippen LogP contribution in [0.2, 0.25) is 0 Å². The van der Waals surface area contributed by atoms with E-state index < -0.39 is 6.09 Å². The van der Waals surface area contributed by atoms with Gasteiger partial charge in [-0.1, -0.05) is 25.1 Å². The number of para-hydroxylation sites is 1. The molecule has 1 fully saturated rings. The molecule has 5 heteroatoms. The number of nitrogens with one attached hydrogen (secondary N) is 2. The summed E-state index contributed by atoms with van der Waals surface area (Å²) in [6, 6.07) is 13.5. The summed E-state index contributed by atoms with van der Waals surface area (Å²) in [6.45, 7) is 5.29. The number of likely N-dealkylation sites (tertiary alicyclic amines) is 1. The smallest absolute Gasteiger partial charge is 0.410 e. The van der Waals surface area contributed by atoms with Crippen LogP contribution in [0.25, 0.3) is 0 Å². The van der Waals surface area contributed by atoms with Crippen LogP contribution in [0.4, 0.5) is 16.2 Å². The van der Waals surface area contributed by atoms with Crippen molar-refractivity contribution in [2.45, 2.75) is 31.8 Å². The molecule has 2 aliphatic heterocycles. The molecule has 1 amide bonds. The molecule has 2 heterocycles. The first-order valence-electron chi connectivity index (χ1n) is 8.63. The number of nitrogens with zero attached hydrogens (tertiary/aromatic N) is 1. The molecular weight excluding hydrogens is 314 g/mol. The second kappa shape index (κ2) is 5.77. The Bertz CT molecular complexity index is 835. The van der Waals surface area contributed by atoms with E-state index in [1.165, 1.54) is 5.56 Å². The number of amides is 1. The predicted octanol–water partition coefficient (Wildman–Crippen LogP) is 3.95. The zero-order chi connectivity index (χ0) is 17.6. The second-order valence-electron chi connectivity index (χ2n) is 7.23. The maximum atomic E-state index is 12.2. The van der Waals surface area contributed by atoms with Crippen LogP contribution in [-0.4, -0.2) is 30.8 Å². The van der Waals surface area contributed by atoms with Crippen LogP contribution in [-0.2, 0) is 5.41 Å². The highest BCUT2D eigenvalue weighted by molar-refractivity contribution is 5.87. The van der Waals surface area contributed by atoms with Gasteiger partial charge in [-0.25, -0.2) is 4.79 Å². The highest BCUT2D eigenvalue weighted by Gasteiger charge is 2.49. The van der Waals surface area contributed by atoms with Crippen LogP contribution in [0.15, 0.2) is 42.5 Å². The van der Waals surface area contributed by atoms with Crippen molar-refractivity contribution in [3.8, 4) is 5.75 Å². The Hall–Kier alpha value is -2.53. The van der Waals surface area contributed by atoms with E-state index in [9.17, 15) is 4.79 Å². The summed E-state index contributed by atoms with van der Waals surface area (Å²) in [6.07, 6.45) is 0.927. The summed E-state index contributed by atoms with van der Waals surface area (Å²) in [5.41, 5.74) is 4.17. The zero-order valence-electron chi connectivity index (χ0n) is 14.8. The van der Waals surface area contributed by atoms with Gasteiger partial charge in [0.2, 0.25) is 0 Å². The molecule has 2 atom stereocenters. The lowest BCUT2D eigenvalue weighted by molar-refractivity contribution is 0.215. The number of fused-ring (bicyclic) bond motifs is 3. The van der Waals surface area contributed by atoms with Gasteiger partial charge in [-0.05, 0) is 55.8 Å². The van der Waals surface area contributed by atoms with E-state index in [2.05, 4.69) is 29.5 Å². The lowest BCUT2D eigenvalue weighted by atomic mass is 9.81. The molecular formula is C20H23N3O2. The van der Waals surface area contributed by atoms with Gasteiger partial charge in [-0.3, -0.25) is 10.2 Å². The van der Waals surface area contributed by atoms with Crippen molar-refractivity contribution in [3.05, 3.63) is 53.6 Å². The van der Waals surface area contributed by atoms with Crippen molar-refractivity contribution in [1.82, 2.24) is 4.90 Å². The molecule has 4 rings (SSSR count). The highest BCUT2D eigenvalue weighted by Crippen LogP contribution is 2.48. The van der Waals surface area contributed by atoms with E-state index >= 15 is 0 Å². The lowest BCUT2D eigenvalue weighted by Crippen LogP contribution is -2.39. The Morgan fingerprint density at radius 1 is 1.32 bits per heavy atom. The SMILES string of the molecule is Cc1ccccc1NC(=O)Oc1ccc2c(c1)[C@]1(C)CCN(C)[C@@H]1N2. The molecule has 2 aromatic carbocycles. The normalized spacial score (nSPS) is 24.4. The largest absolute Gasteiger partial charge is 0.417 e. The number of carbonyl (C=O) groups excluding carboxylic acids is 1. The standard InChI is InChI=1S/C20H23N3O2/c1-13-6-4-5-7-16(13)22-19(24)25-14-8-9-17-15(12-14)20(2)10-11-23(3)18(20)21-17/h4-9,12,18,21H,10-11H2,1-3H3,(H,22,24)/t18-,20-/m0/s1. The van der Waals surface area contributed by atoms with Crippen molar-refractivity contribution in [2.24, 2.45) is 0 Å². The average molecular weight is 337 g/mol. The Balaban J connectivity index is 1.53. The van der Waals surface area contributed by atoms with E-state index in [-0.39, 0.29) is 5.41 Å². The van der Waals surface area contributed by atoms with Crippen molar-refractivity contribution in [1.29, 1.82) is 0 Å². The third kappa shape index (κ3) is 2.65. The first-order valence-corrected chi connectivity index (χ1v) is 8.63. The Kier molecular flexibility index (Phi) is 3.69. The Morgan fingerprint density at radius 3 is 2.92 bits per heavy atom. The number of ether oxygens (including phenoxy) is 1. The Labute approximate surface area is 148 Å². The van der Waals surface area contributed by atoms with Crippen LogP contribution >= 0.6 is 0 Å². The molecule has 0 bridgehead atoms. The first-order chi connectivity index (χ1) is 12.0. The minimum atomic E-state index is -0.467. The lowest BCUT2D eigenvalue weighted by Gasteiger charge is -2.27. The summed E-state index contributed by atoms with van der Waals surface area (Å²) in [5, 5.41) is 6.39. The molecule has 2 aromatic rings.